The molecule has 0 aliphatic rings. The van der Waals surface area contributed by atoms with Crippen LogP contribution in [0.3, 0.4) is 0 Å². The van der Waals surface area contributed by atoms with E-state index in [1.165, 1.54) is 12.1 Å². The molecule has 0 saturated heterocycles. The zero-order chi connectivity index (χ0) is 19.3. The van der Waals surface area contributed by atoms with Crippen molar-refractivity contribution in [1.29, 1.82) is 0 Å². The predicted molar refractivity (Wildman–Crippen MR) is 111 cm³/mol. The van der Waals surface area contributed by atoms with E-state index >= 15 is 0 Å². The summed E-state index contributed by atoms with van der Waals surface area (Å²) in [5.74, 6) is -1.02. The van der Waals surface area contributed by atoms with Crippen LogP contribution in [0.2, 0.25) is 0 Å². The van der Waals surface area contributed by atoms with Crippen molar-refractivity contribution < 1.29 is 9.18 Å². The van der Waals surface area contributed by atoms with E-state index in [9.17, 15) is 9.18 Å². The summed E-state index contributed by atoms with van der Waals surface area (Å²) in [4.78, 5) is 12.3. The lowest BCUT2D eigenvalue weighted by Crippen LogP contribution is -2.56. The number of hydrogen-bond acceptors (Lipinski definition) is 2. The second kappa shape index (κ2) is 9.19. The molecule has 0 aromatic heterocycles. The summed E-state index contributed by atoms with van der Waals surface area (Å²) in [7, 11) is 0. The van der Waals surface area contributed by atoms with Gasteiger partial charge in [-0.2, -0.15) is 0 Å². The van der Waals surface area contributed by atoms with Crippen molar-refractivity contribution in [3.8, 4) is 0 Å². The van der Waals surface area contributed by atoms with E-state index in [0.29, 0.717) is 5.69 Å². The van der Waals surface area contributed by atoms with E-state index in [4.69, 9.17) is 47.0 Å². The van der Waals surface area contributed by atoms with Crippen LogP contribution in [0, 0.1) is 5.82 Å². The minimum Gasteiger partial charge on any atom is -0.339 e. The lowest BCUT2D eigenvalue weighted by atomic mass is 10.2. The average Bonchev–Trinajstić information content (AvgIpc) is 2.56. The third-order valence-electron chi connectivity index (χ3n) is 3.09. The van der Waals surface area contributed by atoms with Crippen molar-refractivity contribution in [3.63, 3.8) is 0 Å². The molecular formula is C16H12BrCl3FN3OS. The van der Waals surface area contributed by atoms with Crippen LogP contribution in [0.5, 0.6) is 0 Å². The number of halogens is 5. The molecule has 2 aromatic carbocycles. The minimum atomic E-state index is -1.89. The van der Waals surface area contributed by atoms with Crippen LogP contribution in [-0.2, 0) is 0 Å². The Morgan fingerprint density at radius 1 is 1.04 bits per heavy atom. The molecule has 0 saturated carbocycles. The van der Waals surface area contributed by atoms with Gasteiger partial charge in [0.2, 0.25) is 3.79 Å². The number of nitrogens with one attached hydrogen (secondary N) is 3. The molecular weight excluding hydrogens is 488 g/mol. The number of carbonyl (C=O) groups is 1. The van der Waals surface area contributed by atoms with Crippen LogP contribution in [0.1, 0.15) is 10.4 Å². The third kappa shape index (κ3) is 6.55. The first-order chi connectivity index (χ1) is 12.1. The quantitative estimate of drug-likeness (QED) is 0.315. The summed E-state index contributed by atoms with van der Waals surface area (Å²) in [5, 5.41) is 8.31. The average molecular weight is 500 g/mol. The van der Waals surface area contributed by atoms with E-state index in [1.54, 1.807) is 12.1 Å². The highest BCUT2D eigenvalue weighted by atomic mass is 79.9. The van der Waals surface area contributed by atoms with E-state index in [0.717, 1.165) is 16.6 Å². The molecule has 0 bridgehead atoms. The van der Waals surface area contributed by atoms with Crippen LogP contribution >= 0.6 is 63.0 Å². The van der Waals surface area contributed by atoms with Gasteiger partial charge >= 0.3 is 0 Å². The maximum atomic E-state index is 13.0. The Bertz CT molecular complexity index is 785. The van der Waals surface area contributed by atoms with Gasteiger partial charge in [0.1, 0.15) is 12.0 Å². The summed E-state index contributed by atoms with van der Waals surface area (Å²) in [5.41, 5.74) is 0.915. The number of benzene rings is 2. The van der Waals surface area contributed by atoms with Gasteiger partial charge in [-0.25, -0.2) is 4.39 Å². The summed E-state index contributed by atoms with van der Waals surface area (Å²) in [6.07, 6.45) is -1.12. The molecule has 0 fully saturated rings. The molecule has 0 aliphatic heterocycles. The Hall–Kier alpha value is -1.12. The van der Waals surface area contributed by atoms with Gasteiger partial charge in [-0.1, -0.05) is 50.7 Å². The molecule has 26 heavy (non-hydrogen) atoms. The smallest absolute Gasteiger partial charge is 0.252 e. The van der Waals surface area contributed by atoms with Gasteiger partial charge in [0.25, 0.3) is 5.91 Å². The molecule has 4 nitrogen and oxygen atoms in total. The van der Waals surface area contributed by atoms with E-state index in [-0.39, 0.29) is 10.7 Å². The zero-order valence-electron chi connectivity index (χ0n) is 12.9. The number of carbonyl (C=O) groups excluding carboxylic acids is 1. The minimum absolute atomic E-state index is 0.142. The fourth-order valence-corrected chi connectivity index (χ4v) is 2.67. The van der Waals surface area contributed by atoms with Crippen molar-refractivity contribution >= 4 is 79.7 Å². The first-order valence-electron chi connectivity index (χ1n) is 7.11. The predicted octanol–water partition coefficient (Wildman–Crippen LogP) is 5.00. The molecule has 2 rings (SSSR count). The number of hydrogen-bond donors (Lipinski definition) is 3. The molecule has 0 heterocycles. The van der Waals surface area contributed by atoms with Crippen LogP contribution in [-0.4, -0.2) is 21.0 Å². The fraction of sp³-hybridized carbons (Fsp3) is 0.125. The Morgan fingerprint density at radius 3 is 2.15 bits per heavy atom. The van der Waals surface area contributed by atoms with E-state index in [2.05, 4.69) is 31.9 Å². The van der Waals surface area contributed by atoms with Crippen molar-refractivity contribution in [2.75, 3.05) is 5.32 Å². The maximum Gasteiger partial charge on any atom is 0.252 e. The summed E-state index contributed by atoms with van der Waals surface area (Å²) < 4.78 is 12.0. The Balaban J connectivity index is 2.04. The lowest BCUT2D eigenvalue weighted by molar-refractivity contribution is 0.0934. The Kier molecular flexibility index (Phi) is 7.49. The molecule has 0 radical (unpaired) electrons. The third-order valence-corrected chi connectivity index (χ3v) is 4.49. The molecule has 3 N–H and O–H groups in total. The maximum absolute atomic E-state index is 13.0. The second-order valence-corrected chi connectivity index (χ2v) is 8.75. The monoisotopic (exact) mass is 497 g/mol. The van der Waals surface area contributed by atoms with Crippen LogP contribution in [0.4, 0.5) is 10.1 Å². The van der Waals surface area contributed by atoms with Gasteiger partial charge in [-0.3, -0.25) is 4.79 Å². The molecule has 2 aromatic rings. The zero-order valence-corrected chi connectivity index (χ0v) is 17.6. The Labute approximate surface area is 178 Å². The van der Waals surface area contributed by atoms with Crippen molar-refractivity contribution in [3.05, 3.63) is 64.4 Å². The molecule has 0 aliphatic carbocycles. The summed E-state index contributed by atoms with van der Waals surface area (Å²) >= 11 is 26.3. The second-order valence-electron chi connectivity index (χ2n) is 5.06. The SMILES string of the molecule is O=C(NC(NC(=S)Nc1ccc(Br)cc1)C(Cl)(Cl)Cl)c1ccc(F)cc1. The van der Waals surface area contributed by atoms with Gasteiger partial charge in [-0.15, -0.1) is 0 Å². The largest absolute Gasteiger partial charge is 0.339 e. The molecule has 0 spiro atoms. The topological polar surface area (TPSA) is 53.2 Å². The molecule has 1 unspecified atom stereocenters. The molecule has 10 heteroatoms. The number of rotatable bonds is 4. The normalized spacial score (nSPS) is 12.2. The number of thiocarbonyl (C=S) groups is 1. The van der Waals surface area contributed by atoms with Crippen LogP contribution < -0.4 is 16.0 Å². The van der Waals surface area contributed by atoms with E-state index in [1.807, 2.05) is 12.1 Å². The van der Waals surface area contributed by atoms with Gasteiger partial charge in [0.05, 0.1) is 0 Å². The van der Waals surface area contributed by atoms with Gasteiger partial charge < -0.3 is 16.0 Å². The number of amides is 1. The molecule has 1 amide bonds. The van der Waals surface area contributed by atoms with Crippen LogP contribution in [0.15, 0.2) is 53.0 Å². The van der Waals surface area contributed by atoms with Gasteiger partial charge in [-0.05, 0) is 60.7 Å². The summed E-state index contributed by atoms with van der Waals surface area (Å²) in [6.45, 7) is 0. The molecule has 138 valence electrons. The molecule has 1 atom stereocenters. The highest BCUT2D eigenvalue weighted by Gasteiger charge is 2.34. The highest BCUT2D eigenvalue weighted by molar-refractivity contribution is 9.10. The van der Waals surface area contributed by atoms with Gasteiger partial charge in [0, 0.05) is 15.7 Å². The van der Waals surface area contributed by atoms with Crippen molar-refractivity contribution in [1.82, 2.24) is 10.6 Å². The standard InChI is InChI=1S/C16H12BrCl3FN3OS/c17-10-3-7-12(8-4-10)22-15(26)24-14(16(18,19)20)23-13(25)9-1-5-11(21)6-2-9/h1-8,14H,(H,23,25)(H2,22,24,26). The first-order valence-corrected chi connectivity index (χ1v) is 9.45. The number of anilines is 1. The first kappa shape index (κ1) is 21.2. The number of alkyl halides is 3. The van der Waals surface area contributed by atoms with E-state index < -0.39 is 21.7 Å². The van der Waals surface area contributed by atoms with Crippen LogP contribution in [0.25, 0.3) is 0 Å². The van der Waals surface area contributed by atoms with Crippen molar-refractivity contribution in [2.24, 2.45) is 0 Å². The fourth-order valence-electron chi connectivity index (χ4n) is 1.85. The Morgan fingerprint density at radius 2 is 1.62 bits per heavy atom. The lowest BCUT2D eigenvalue weighted by Gasteiger charge is -2.27. The highest BCUT2D eigenvalue weighted by Crippen LogP contribution is 2.29. The van der Waals surface area contributed by atoms with Crippen molar-refractivity contribution in [2.45, 2.75) is 9.96 Å². The van der Waals surface area contributed by atoms with Gasteiger partial charge in [0.15, 0.2) is 5.11 Å². The summed E-state index contributed by atoms with van der Waals surface area (Å²) in [6, 6.07) is 12.2.